The number of halogens is 2. The molecule has 1 heterocycles. The second kappa shape index (κ2) is 10.6. The maximum absolute atomic E-state index is 12.7. The summed E-state index contributed by atoms with van der Waals surface area (Å²) < 4.78 is 17.6. The van der Waals surface area contributed by atoms with Crippen LogP contribution in [0.25, 0.3) is 0 Å². The number of nitrogens with zero attached hydrogens (tertiary/aromatic N) is 2. The maximum atomic E-state index is 12.7. The van der Waals surface area contributed by atoms with Crippen molar-refractivity contribution in [2.75, 3.05) is 5.32 Å². The molecule has 0 spiro atoms. The summed E-state index contributed by atoms with van der Waals surface area (Å²) in [7, 11) is -4.72. The van der Waals surface area contributed by atoms with Gasteiger partial charge in [-0.1, -0.05) is 12.1 Å². The Kier molecular flexibility index (Phi) is 7.87. The van der Waals surface area contributed by atoms with E-state index in [1.807, 2.05) is 13.0 Å². The highest BCUT2D eigenvalue weighted by Crippen LogP contribution is 2.63. The van der Waals surface area contributed by atoms with Gasteiger partial charge in [0.2, 0.25) is 5.91 Å². The van der Waals surface area contributed by atoms with Crippen LogP contribution in [0.15, 0.2) is 26.4 Å². The van der Waals surface area contributed by atoms with Gasteiger partial charge in [-0.15, -0.1) is 11.3 Å². The lowest BCUT2D eigenvalue weighted by molar-refractivity contribution is -0.116. The third-order valence-corrected chi connectivity index (χ3v) is 11.4. The van der Waals surface area contributed by atoms with Crippen LogP contribution in [-0.2, 0) is 15.8 Å². The number of anilines is 1. The number of benzene rings is 1. The molecule has 3 unspecified atom stereocenters. The number of hydrogen-bond acceptors (Lipinski definition) is 7. The topological polar surface area (TPSA) is 141 Å². The molecule has 0 saturated heterocycles. The molecule has 0 radical (unpaired) electrons. The lowest BCUT2D eigenvalue weighted by Crippen LogP contribution is -2.44. The molecule has 0 bridgehead atoms. The Labute approximate surface area is 242 Å². The van der Waals surface area contributed by atoms with Crippen molar-refractivity contribution < 1.29 is 28.9 Å². The predicted molar refractivity (Wildman–Crippen MR) is 152 cm³/mol. The van der Waals surface area contributed by atoms with Crippen molar-refractivity contribution in [1.29, 1.82) is 0 Å². The number of phosphoric acid groups is 1. The first-order valence-electron chi connectivity index (χ1n) is 12.6. The third-order valence-electron chi connectivity index (χ3n) is 8.69. The van der Waals surface area contributed by atoms with Crippen LogP contribution >= 0.6 is 51.0 Å². The molecule has 13 heteroatoms. The van der Waals surface area contributed by atoms with Crippen molar-refractivity contribution in [2.45, 2.75) is 64.7 Å². The highest BCUT2D eigenvalue weighted by atomic mass is 79.9. The van der Waals surface area contributed by atoms with Crippen LogP contribution in [0.3, 0.4) is 0 Å². The molecular formula is C25H30Br2N3O6PS. The van der Waals surface area contributed by atoms with Crippen molar-refractivity contribution >= 4 is 67.8 Å². The fourth-order valence-corrected chi connectivity index (χ4v) is 10.1. The molecule has 2 fully saturated rings. The van der Waals surface area contributed by atoms with E-state index in [4.69, 9.17) is 4.52 Å². The van der Waals surface area contributed by atoms with Gasteiger partial charge in [0.25, 0.3) is 0 Å². The highest BCUT2D eigenvalue weighted by Gasteiger charge is 2.57. The second-order valence-electron chi connectivity index (χ2n) is 10.8. The van der Waals surface area contributed by atoms with Crippen LogP contribution in [0.5, 0.6) is 5.75 Å². The van der Waals surface area contributed by atoms with Crippen molar-refractivity contribution in [2.24, 2.45) is 28.3 Å². The van der Waals surface area contributed by atoms with Crippen molar-refractivity contribution in [3.8, 4) is 5.75 Å². The van der Waals surface area contributed by atoms with Gasteiger partial charge in [-0.05, 0) is 118 Å². The van der Waals surface area contributed by atoms with E-state index in [0.717, 1.165) is 47.4 Å². The zero-order chi connectivity index (χ0) is 27.4. The number of fused-ring (bicyclic) bond motifs is 5. The van der Waals surface area contributed by atoms with Gasteiger partial charge >= 0.3 is 7.82 Å². The number of phosphoric ester groups is 1. The molecule has 5 atom stereocenters. The van der Waals surface area contributed by atoms with Crippen molar-refractivity contribution in [1.82, 2.24) is 4.98 Å². The molecule has 1 aromatic heterocycles. The summed E-state index contributed by atoms with van der Waals surface area (Å²) in [5.74, 6) is 1.13. The fourth-order valence-electron chi connectivity index (χ4n) is 7.24. The molecule has 4 N–H and O–H groups in total. The molecular weight excluding hydrogens is 661 g/mol. The summed E-state index contributed by atoms with van der Waals surface area (Å²) in [6.07, 6.45) is 6.92. The average Bonchev–Trinajstić information content (AvgIpc) is 3.38. The molecule has 5 rings (SSSR count). The minimum absolute atomic E-state index is 0.0535. The number of aryl methyl sites for hydroxylation is 1. The van der Waals surface area contributed by atoms with Gasteiger partial charge < -0.3 is 15.0 Å². The van der Waals surface area contributed by atoms with E-state index in [-0.39, 0.29) is 34.8 Å². The summed E-state index contributed by atoms with van der Waals surface area (Å²) in [4.78, 5) is 36.7. The monoisotopic (exact) mass is 689 g/mol. The largest absolute Gasteiger partial charge is 0.524 e. The Morgan fingerprint density at radius 3 is 2.79 bits per heavy atom. The van der Waals surface area contributed by atoms with E-state index in [1.54, 1.807) is 6.20 Å². The molecule has 1 amide bonds. The van der Waals surface area contributed by atoms with Crippen LogP contribution in [0, 0.1) is 30.1 Å². The minimum Gasteiger partial charge on any atom is -0.411 e. The van der Waals surface area contributed by atoms with E-state index in [1.165, 1.54) is 11.3 Å². The lowest BCUT2D eigenvalue weighted by atomic mass is 9.54. The zero-order valence-electron chi connectivity index (χ0n) is 21.0. The lowest BCUT2D eigenvalue weighted by Gasteiger charge is -2.50. The fraction of sp³-hybridized carbons (Fsp3) is 0.560. The Morgan fingerprint density at radius 1 is 1.37 bits per heavy atom. The van der Waals surface area contributed by atoms with Crippen LogP contribution in [0.4, 0.5) is 5.13 Å². The number of carbonyl (C=O) groups is 1. The Hall–Kier alpha value is -1.30. The molecule has 3 aliphatic rings. The molecule has 9 nitrogen and oxygen atoms in total. The number of amides is 1. The van der Waals surface area contributed by atoms with E-state index >= 15 is 0 Å². The first-order chi connectivity index (χ1) is 17.9. The zero-order valence-corrected chi connectivity index (χ0v) is 25.9. The predicted octanol–water partition coefficient (Wildman–Crippen LogP) is 6.78. The van der Waals surface area contributed by atoms with Gasteiger partial charge in [-0.25, -0.2) is 9.55 Å². The van der Waals surface area contributed by atoms with Crippen molar-refractivity contribution in [3.63, 3.8) is 0 Å². The first kappa shape index (κ1) is 28.2. The summed E-state index contributed by atoms with van der Waals surface area (Å²) in [5.41, 5.74) is 2.79. The van der Waals surface area contributed by atoms with Crippen molar-refractivity contribution in [3.05, 3.63) is 37.2 Å². The van der Waals surface area contributed by atoms with Gasteiger partial charge in [-0.3, -0.25) is 14.6 Å². The van der Waals surface area contributed by atoms with Gasteiger partial charge in [0, 0.05) is 22.9 Å². The number of nitrogens with one attached hydrogen (secondary N) is 1. The summed E-state index contributed by atoms with van der Waals surface area (Å²) in [6, 6.07) is 1.94. The van der Waals surface area contributed by atoms with Crippen LogP contribution in [0.2, 0.25) is 0 Å². The van der Waals surface area contributed by atoms with Gasteiger partial charge in [0.15, 0.2) is 10.9 Å². The SMILES string of the molecule is Cc1cnc(NC(=O)CC[C@@H]2C/C(=N\O)[C@@]3(C)CCC4c5cc(Br)c(OP(=O)(O)O)c(Br)c5CCC4C23)s1. The summed E-state index contributed by atoms with van der Waals surface area (Å²) in [5, 5.41) is 17.2. The van der Waals surface area contributed by atoms with E-state index in [2.05, 4.69) is 54.2 Å². The Morgan fingerprint density at radius 2 is 2.13 bits per heavy atom. The molecule has 2 aromatic rings. The standard InChI is InChI=1S/C25H30Br2N3O6PS/c1-12-11-28-24(38-12)29-20(31)6-3-13-9-19(30-32)25(2)8-7-14-15(21(13)25)4-5-16-17(14)10-18(26)23(22(16)27)36-37(33,34)35/h10-11,13-15,21,32H,3-9H2,1-2H3,(H,28,29,31)(H2,33,34,35)/b30-19+/t13-,14?,15?,21?,25-/m1/s1. The number of rotatable bonds is 6. The Balaban J connectivity index is 1.40. The molecule has 0 aliphatic heterocycles. The molecule has 1 aromatic carbocycles. The highest BCUT2D eigenvalue weighted by molar-refractivity contribution is 9.11. The van der Waals surface area contributed by atoms with E-state index in [9.17, 15) is 24.4 Å². The van der Waals surface area contributed by atoms with Gasteiger partial charge in [0.1, 0.15) is 0 Å². The number of hydrogen-bond donors (Lipinski definition) is 4. The van der Waals surface area contributed by atoms with E-state index < -0.39 is 7.82 Å². The number of oxime groups is 1. The summed E-state index contributed by atoms with van der Waals surface area (Å²) in [6.45, 7) is 4.16. The van der Waals surface area contributed by atoms with Gasteiger partial charge in [-0.2, -0.15) is 0 Å². The third kappa shape index (κ3) is 5.24. The molecule has 2 saturated carbocycles. The summed E-state index contributed by atoms with van der Waals surface area (Å²) >= 11 is 8.48. The van der Waals surface area contributed by atoms with E-state index in [0.29, 0.717) is 39.3 Å². The minimum atomic E-state index is -4.72. The van der Waals surface area contributed by atoms with Crippen LogP contribution in [0.1, 0.15) is 67.4 Å². The van der Waals surface area contributed by atoms with Gasteiger partial charge in [0.05, 0.1) is 14.7 Å². The maximum Gasteiger partial charge on any atom is 0.524 e. The smallest absolute Gasteiger partial charge is 0.411 e. The molecule has 3 aliphatic carbocycles. The number of carbonyl (C=O) groups excluding carboxylic acids is 1. The quantitative estimate of drug-likeness (QED) is 0.149. The first-order valence-corrected chi connectivity index (χ1v) is 16.5. The second-order valence-corrected chi connectivity index (χ2v) is 14.9. The average molecular weight is 691 g/mol. The van der Waals surface area contributed by atoms with Crippen LogP contribution < -0.4 is 9.84 Å². The number of thiazole rings is 1. The normalized spacial score (nSPS) is 29.5. The molecule has 38 heavy (non-hydrogen) atoms. The van der Waals surface area contributed by atoms with Crippen LogP contribution in [-0.4, -0.2) is 31.6 Å². The Bertz CT molecular complexity index is 1350. The number of aromatic nitrogens is 1. The molecule has 206 valence electrons.